The summed E-state index contributed by atoms with van der Waals surface area (Å²) in [5.41, 5.74) is 3.62. The average Bonchev–Trinajstić information content (AvgIpc) is 3.09. The minimum Gasteiger partial charge on any atom is -0.388 e. The van der Waals surface area contributed by atoms with Crippen LogP contribution >= 0.6 is 11.3 Å². The van der Waals surface area contributed by atoms with Crippen molar-refractivity contribution in [2.45, 2.75) is 19.6 Å². The van der Waals surface area contributed by atoms with Crippen molar-refractivity contribution < 1.29 is 9.90 Å². The first kappa shape index (κ1) is 18.7. The largest absolute Gasteiger partial charge is 0.388 e. The number of benzene rings is 1. The lowest BCUT2D eigenvalue weighted by molar-refractivity contribution is 0.0949. The van der Waals surface area contributed by atoms with E-state index in [0.717, 1.165) is 26.7 Å². The lowest BCUT2D eigenvalue weighted by atomic mass is 10.1. The summed E-state index contributed by atoms with van der Waals surface area (Å²) in [6, 6.07) is 9.73. The molecule has 1 aromatic carbocycles. The molecule has 0 saturated heterocycles. The highest BCUT2D eigenvalue weighted by molar-refractivity contribution is 7.21. The Morgan fingerprint density at radius 1 is 1.23 bits per heavy atom. The van der Waals surface area contributed by atoms with E-state index >= 15 is 0 Å². The van der Waals surface area contributed by atoms with Crippen LogP contribution in [-0.4, -0.2) is 38.6 Å². The molecule has 4 aromatic rings. The fourth-order valence-electron chi connectivity index (χ4n) is 3.69. The summed E-state index contributed by atoms with van der Waals surface area (Å²) >= 11 is 1.49. The molecule has 1 amide bonds. The molecule has 0 bridgehead atoms. The maximum Gasteiger partial charge on any atom is 0.263 e. The first-order valence-corrected chi connectivity index (χ1v) is 10.4. The fraction of sp³-hybridized carbons (Fsp3) is 0.182. The minimum absolute atomic E-state index is 0.0455. The highest BCUT2D eigenvalue weighted by Crippen LogP contribution is 2.41. The van der Waals surface area contributed by atoms with Crippen LogP contribution in [-0.2, 0) is 6.61 Å². The number of aliphatic hydroxyl groups excluding tert-OH is 1. The van der Waals surface area contributed by atoms with Gasteiger partial charge in [0.1, 0.15) is 11.5 Å². The Bertz CT molecular complexity index is 1330. The number of thiophene rings is 1. The third kappa shape index (κ3) is 3.01. The van der Waals surface area contributed by atoms with Crippen LogP contribution in [0.25, 0.3) is 38.5 Å². The fourth-order valence-corrected chi connectivity index (χ4v) is 4.79. The third-order valence-electron chi connectivity index (χ3n) is 5.10. The van der Waals surface area contributed by atoms with E-state index in [9.17, 15) is 9.90 Å². The van der Waals surface area contributed by atoms with Gasteiger partial charge in [0.2, 0.25) is 0 Å². The summed E-state index contributed by atoms with van der Waals surface area (Å²) < 4.78 is 1.04. The van der Waals surface area contributed by atoms with Gasteiger partial charge in [-0.05, 0) is 43.3 Å². The first-order chi connectivity index (χ1) is 14.6. The topological polar surface area (TPSA) is 100 Å². The molecule has 8 heteroatoms. The molecular weight excluding hydrogens is 398 g/mol. The number of nitrogens with zero attached hydrogens (tertiary/aromatic N) is 3. The number of fused-ring (bicyclic) bond motifs is 5. The van der Waals surface area contributed by atoms with E-state index < -0.39 is 0 Å². The molecule has 150 valence electrons. The Labute approximate surface area is 176 Å². The maximum absolute atomic E-state index is 12.6. The van der Waals surface area contributed by atoms with Gasteiger partial charge in [0.25, 0.3) is 5.91 Å². The van der Waals surface area contributed by atoms with E-state index in [1.807, 2.05) is 31.2 Å². The SMILES string of the molecule is C=Cc1cc(-c2ccc3c(ccc4sc5c(c43)NC[C@@H](C)NC5=O)n2)nc(CO)n1. The number of carbonyl (C=O) groups is 1. The monoisotopic (exact) mass is 417 g/mol. The summed E-state index contributed by atoms with van der Waals surface area (Å²) in [7, 11) is 0. The summed E-state index contributed by atoms with van der Waals surface area (Å²) in [4.78, 5) is 26.7. The standard InChI is InChI=1S/C22H19N5O2S/c1-3-12-8-16(27-18(10-28)25-12)15-5-4-13-14(26-15)6-7-17-19(13)20-21(30-17)22(29)24-11(2)9-23-20/h3-8,11,23,28H,1,9-10H2,2H3,(H,24,29)/t11-/m1/s1. The summed E-state index contributed by atoms with van der Waals surface area (Å²) in [6.45, 7) is 6.14. The zero-order valence-corrected chi connectivity index (χ0v) is 17.1. The van der Waals surface area contributed by atoms with Crippen molar-refractivity contribution in [3.05, 3.63) is 53.3 Å². The van der Waals surface area contributed by atoms with Crippen molar-refractivity contribution >= 4 is 50.0 Å². The van der Waals surface area contributed by atoms with E-state index in [4.69, 9.17) is 4.98 Å². The van der Waals surface area contributed by atoms with Crippen LogP contribution in [0.3, 0.4) is 0 Å². The molecule has 0 radical (unpaired) electrons. The summed E-state index contributed by atoms with van der Waals surface area (Å²) in [5.74, 6) is 0.281. The van der Waals surface area contributed by atoms with Gasteiger partial charge in [0, 0.05) is 28.1 Å². The maximum atomic E-state index is 12.6. The number of nitrogens with one attached hydrogen (secondary N) is 2. The van der Waals surface area contributed by atoms with Gasteiger partial charge < -0.3 is 15.7 Å². The molecule has 0 spiro atoms. The Kier molecular flexibility index (Phi) is 4.45. The van der Waals surface area contributed by atoms with Crippen LogP contribution in [0, 0.1) is 0 Å². The number of pyridine rings is 1. The predicted octanol–water partition coefficient (Wildman–Crippen LogP) is 3.59. The minimum atomic E-state index is -0.254. The van der Waals surface area contributed by atoms with Crippen molar-refractivity contribution in [1.82, 2.24) is 20.3 Å². The first-order valence-electron chi connectivity index (χ1n) is 9.60. The number of rotatable bonds is 3. The molecule has 7 nitrogen and oxygen atoms in total. The molecule has 1 atom stereocenters. The van der Waals surface area contributed by atoms with Crippen molar-refractivity contribution in [2.24, 2.45) is 0 Å². The molecule has 0 saturated carbocycles. The van der Waals surface area contributed by atoms with Gasteiger partial charge in [0.15, 0.2) is 5.82 Å². The second kappa shape index (κ2) is 7.16. The van der Waals surface area contributed by atoms with E-state index in [0.29, 0.717) is 34.3 Å². The van der Waals surface area contributed by atoms with Crippen molar-refractivity contribution in [2.75, 3.05) is 11.9 Å². The predicted molar refractivity (Wildman–Crippen MR) is 120 cm³/mol. The zero-order chi connectivity index (χ0) is 20.8. The van der Waals surface area contributed by atoms with Gasteiger partial charge in [-0.3, -0.25) is 4.79 Å². The number of carbonyl (C=O) groups excluding carboxylic acids is 1. The quantitative estimate of drug-likeness (QED) is 0.471. The third-order valence-corrected chi connectivity index (χ3v) is 6.25. The average molecular weight is 417 g/mol. The van der Waals surface area contributed by atoms with Crippen LogP contribution in [0.2, 0.25) is 0 Å². The highest BCUT2D eigenvalue weighted by Gasteiger charge is 2.24. The number of hydrogen-bond donors (Lipinski definition) is 3. The Hall–Kier alpha value is -3.36. The highest BCUT2D eigenvalue weighted by atomic mass is 32.1. The van der Waals surface area contributed by atoms with Crippen LogP contribution in [0.15, 0.2) is 36.9 Å². The van der Waals surface area contributed by atoms with Gasteiger partial charge in [-0.15, -0.1) is 11.3 Å². The molecule has 1 aliphatic rings. The number of amides is 1. The van der Waals surface area contributed by atoms with Gasteiger partial charge in [0.05, 0.1) is 28.3 Å². The van der Waals surface area contributed by atoms with E-state index in [1.165, 1.54) is 11.3 Å². The molecule has 0 aliphatic carbocycles. The lowest BCUT2D eigenvalue weighted by Gasteiger charge is -2.10. The normalized spacial score (nSPS) is 16.1. The molecule has 3 N–H and O–H groups in total. The van der Waals surface area contributed by atoms with Gasteiger partial charge in [-0.2, -0.15) is 0 Å². The molecule has 1 aliphatic heterocycles. The van der Waals surface area contributed by atoms with E-state index in [2.05, 4.69) is 27.2 Å². The molecule has 0 unspecified atom stereocenters. The Morgan fingerprint density at radius 2 is 2.10 bits per heavy atom. The molecule has 30 heavy (non-hydrogen) atoms. The van der Waals surface area contributed by atoms with Crippen LogP contribution in [0.1, 0.15) is 28.1 Å². The van der Waals surface area contributed by atoms with Gasteiger partial charge >= 0.3 is 0 Å². The van der Waals surface area contributed by atoms with Crippen LogP contribution < -0.4 is 10.6 Å². The van der Waals surface area contributed by atoms with Crippen molar-refractivity contribution in [3.63, 3.8) is 0 Å². The number of aromatic nitrogens is 3. The number of hydrogen-bond acceptors (Lipinski definition) is 7. The number of anilines is 1. The molecule has 0 fully saturated rings. The van der Waals surface area contributed by atoms with E-state index in [1.54, 1.807) is 12.1 Å². The van der Waals surface area contributed by atoms with Crippen molar-refractivity contribution in [3.8, 4) is 11.4 Å². The molecule has 5 rings (SSSR count). The van der Waals surface area contributed by atoms with E-state index in [-0.39, 0.29) is 18.6 Å². The number of aliphatic hydroxyl groups is 1. The second-order valence-corrected chi connectivity index (χ2v) is 8.27. The van der Waals surface area contributed by atoms with Crippen molar-refractivity contribution in [1.29, 1.82) is 0 Å². The second-order valence-electron chi connectivity index (χ2n) is 7.22. The van der Waals surface area contributed by atoms with Crippen LogP contribution in [0.4, 0.5) is 5.69 Å². The van der Waals surface area contributed by atoms with Gasteiger partial charge in [-0.1, -0.05) is 6.58 Å². The summed E-state index contributed by atoms with van der Waals surface area (Å²) in [5, 5.41) is 17.9. The molecule has 3 aromatic heterocycles. The Morgan fingerprint density at radius 3 is 2.90 bits per heavy atom. The van der Waals surface area contributed by atoms with Crippen LogP contribution in [0.5, 0.6) is 0 Å². The zero-order valence-electron chi connectivity index (χ0n) is 16.3. The summed E-state index contributed by atoms with van der Waals surface area (Å²) in [6.07, 6.45) is 1.62. The lowest BCUT2D eigenvalue weighted by Crippen LogP contribution is -2.34. The van der Waals surface area contributed by atoms with Gasteiger partial charge in [-0.25, -0.2) is 15.0 Å². The Balaban J connectivity index is 1.69. The molecular formula is C22H19N5O2S. The smallest absolute Gasteiger partial charge is 0.263 e. The molecule has 4 heterocycles.